The molecule has 2 aromatic rings. The van der Waals surface area contributed by atoms with Crippen molar-refractivity contribution in [2.45, 2.75) is 25.9 Å². The highest BCUT2D eigenvalue weighted by atomic mass is 35.5. The fourth-order valence-electron chi connectivity index (χ4n) is 3.35. The van der Waals surface area contributed by atoms with Crippen molar-refractivity contribution in [3.63, 3.8) is 0 Å². The molecule has 1 saturated heterocycles. The van der Waals surface area contributed by atoms with Crippen LogP contribution >= 0.6 is 36.2 Å². The molecule has 0 bridgehead atoms. The summed E-state index contributed by atoms with van der Waals surface area (Å²) in [6, 6.07) is 3.60. The van der Waals surface area contributed by atoms with Gasteiger partial charge in [-0.25, -0.2) is 13.8 Å². The molecule has 1 unspecified atom stereocenters. The van der Waals surface area contributed by atoms with Crippen LogP contribution in [0.3, 0.4) is 0 Å². The van der Waals surface area contributed by atoms with Gasteiger partial charge in [-0.1, -0.05) is 13.0 Å². The number of benzene rings is 1. The first-order chi connectivity index (χ1) is 12.5. The molecule has 0 aliphatic carbocycles. The summed E-state index contributed by atoms with van der Waals surface area (Å²) in [7, 11) is 0. The molecular weight excluding hydrogens is 429 g/mol. The lowest BCUT2D eigenvalue weighted by atomic mass is 10.0. The second-order valence-electron chi connectivity index (χ2n) is 6.25. The van der Waals surface area contributed by atoms with Crippen LogP contribution in [0.5, 0.6) is 0 Å². The Morgan fingerprint density at radius 3 is 2.46 bits per heavy atom. The van der Waals surface area contributed by atoms with Gasteiger partial charge in [0, 0.05) is 55.8 Å². The number of nitrogens with zero attached hydrogens (tertiary/aromatic N) is 3. The number of amides is 1. The summed E-state index contributed by atoms with van der Waals surface area (Å²) in [5, 5.41) is 2.48. The zero-order valence-corrected chi connectivity index (χ0v) is 17.9. The SMILES string of the molecule is CCC(c1ccc(F)cc1F)N1CCN(C(=O)c2csc(CN)n2)CC1.Cl.Cl. The van der Waals surface area contributed by atoms with Crippen LogP contribution in [0.15, 0.2) is 23.6 Å². The number of hydrogen-bond acceptors (Lipinski definition) is 5. The molecule has 156 valence electrons. The number of piperazine rings is 1. The summed E-state index contributed by atoms with van der Waals surface area (Å²) in [6.45, 7) is 4.67. The Hall–Kier alpha value is -1.32. The van der Waals surface area contributed by atoms with E-state index < -0.39 is 11.6 Å². The predicted molar refractivity (Wildman–Crippen MR) is 111 cm³/mol. The fourth-order valence-corrected chi connectivity index (χ4v) is 4.00. The third kappa shape index (κ3) is 5.39. The van der Waals surface area contributed by atoms with Crippen LogP contribution in [0.1, 0.15) is 40.4 Å². The molecule has 28 heavy (non-hydrogen) atoms. The van der Waals surface area contributed by atoms with E-state index in [1.165, 1.54) is 23.5 Å². The van der Waals surface area contributed by atoms with E-state index in [1.807, 2.05) is 6.92 Å². The minimum Gasteiger partial charge on any atom is -0.335 e. The van der Waals surface area contributed by atoms with Gasteiger partial charge in [0.15, 0.2) is 0 Å². The van der Waals surface area contributed by atoms with Crippen LogP contribution in [0, 0.1) is 11.6 Å². The standard InChI is InChI=1S/C18H22F2N4OS.2ClH/c1-2-16(13-4-3-12(19)9-14(13)20)23-5-7-24(8-6-23)18(25)15-11-26-17(10-21)22-15;;/h3-4,9,11,16H,2,5-8,10,21H2,1H3;2*1H. The maximum absolute atomic E-state index is 14.2. The topological polar surface area (TPSA) is 62.5 Å². The summed E-state index contributed by atoms with van der Waals surface area (Å²) >= 11 is 1.38. The molecule has 1 aliphatic heterocycles. The van der Waals surface area contributed by atoms with E-state index in [0.717, 1.165) is 11.1 Å². The van der Waals surface area contributed by atoms with Gasteiger partial charge in [0.05, 0.1) is 0 Å². The van der Waals surface area contributed by atoms with E-state index in [1.54, 1.807) is 10.3 Å². The highest BCUT2D eigenvalue weighted by molar-refractivity contribution is 7.09. The molecule has 1 aromatic heterocycles. The molecule has 1 atom stereocenters. The summed E-state index contributed by atoms with van der Waals surface area (Å²) in [5.74, 6) is -1.19. The second-order valence-corrected chi connectivity index (χ2v) is 7.19. The zero-order valence-electron chi connectivity index (χ0n) is 15.4. The molecule has 2 N–H and O–H groups in total. The first kappa shape index (κ1) is 24.7. The van der Waals surface area contributed by atoms with Crippen LogP contribution in [0.4, 0.5) is 8.78 Å². The molecule has 10 heteroatoms. The monoisotopic (exact) mass is 452 g/mol. The maximum atomic E-state index is 14.2. The molecule has 1 fully saturated rings. The minimum atomic E-state index is -0.573. The average molecular weight is 453 g/mol. The molecule has 1 aliphatic rings. The van der Waals surface area contributed by atoms with Crippen LogP contribution in [0.2, 0.25) is 0 Å². The number of rotatable bonds is 5. The van der Waals surface area contributed by atoms with Crippen molar-refractivity contribution in [2.24, 2.45) is 5.73 Å². The van der Waals surface area contributed by atoms with Gasteiger partial charge in [0.2, 0.25) is 0 Å². The second kappa shape index (κ2) is 11.0. The van der Waals surface area contributed by atoms with Gasteiger partial charge >= 0.3 is 0 Å². The van der Waals surface area contributed by atoms with Gasteiger partial charge in [0.25, 0.3) is 5.91 Å². The van der Waals surface area contributed by atoms with Gasteiger partial charge in [-0.05, 0) is 12.5 Å². The van der Waals surface area contributed by atoms with Gasteiger partial charge < -0.3 is 10.6 Å². The fraction of sp³-hybridized carbons (Fsp3) is 0.444. The Bertz CT molecular complexity index is 785. The lowest BCUT2D eigenvalue weighted by molar-refractivity contribution is 0.0554. The first-order valence-corrected chi connectivity index (χ1v) is 9.54. The van der Waals surface area contributed by atoms with Crippen LogP contribution in [0.25, 0.3) is 0 Å². The van der Waals surface area contributed by atoms with E-state index in [-0.39, 0.29) is 36.8 Å². The molecule has 5 nitrogen and oxygen atoms in total. The van der Waals surface area contributed by atoms with Crippen LogP contribution in [-0.4, -0.2) is 46.9 Å². The normalized spacial score (nSPS) is 15.5. The van der Waals surface area contributed by atoms with Crippen molar-refractivity contribution in [2.75, 3.05) is 26.2 Å². The van der Waals surface area contributed by atoms with Crippen LogP contribution in [-0.2, 0) is 6.54 Å². The number of hydrogen-bond donors (Lipinski definition) is 1. The maximum Gasteiger partial charge on any atom is 0.273 e. The largest absolute Gasteiger partial charge is 0.335 e. The van der Waals surface area contributed by atoms with E-state index in [0.29, 0.717) is 50.4 Å². The van der Waals surface area contributed by atoms with E-state index >= 15 is 0 Å². The van der Waals surface area contributed by atoms with Crippen molar-refractivity contribution in [1.29, 1.82) is 0 Å². The van der Waals surface area contributed by atoms with Crippen LogP contribution < -0.4 is 5.73 Å². The Morgan fingerprint density at radius 1 is 1.25 bits per heavy atom. The van der Waals surface area contributed by atoms with E-state index in [2.05, 4.69) is 9.88 Å². The molecular formula is C18H24Cl2F2N4OS. The Morgan fingerprint density at radius 2 is 1.93 bits per heavy atom. The highest BCUT2D eigenvalue weighted by Gasteiger charge is 2.28. The van der Waals surface area contributed by atoms with Crippen molar-refractivity contribution in [1.82, 2.24) is 14.8 Å². The summed E-state index contributed by atoms with van der Waals surface area (Å²) in [6.07, 6.45) is 0.711. The van der Waals surface area contributed by atoms with Gasteiger partial charge in [-0.2, -0.15) is 0 Å². The third-order valence-corrected chi connectivity index (χ3v) is 5.57. The number of carbonyl (C=O) groups is 1. The van der Waals surface area contributed by atoms with Gasteiger partial charge in [0.1, 0.15) is 22.3 Å². The van der Waals surface area contributed by atoms with Crippen molar-refractivity contribution >= 4 is 42.1 Å². The molecule has 0 spiro atoms. The smallest absolute Gasteiger partial charge is 0.273 e. The summed E-state index contributed by atoms with van der Waals surface area (Å²) in [4.78, 5) is 20.7. The van der Waals surface area contributed by atoms with Crippen molar-refractivity contribution < 1.29 is 13.6 Å². The molecule has 0 radical (unpaired) electrons. The number of carbonyl (C=O) groups excluding carboxylic acids is 1. The molecule has 0 saturated carbocycles. The van der Waals surface area contributed by atoms with Crippen molar-refractivity contribution in [3.8, 4) is 0 Å². The molecule has 1 amide bonds. The van der Waals surface area contributed by atoms with Gasteiger partial charge in [-0.15, -0.1) is 36.2 Å². The minimum absolute atomic E-state index is 0. The number of aromatic nitrogens is 1. The van der Waals surface area contributed by atoms with E-state index in [4.69, 9.17) is 5.73 Å². The third-order valence-electron chi connectivity index (χ3n) is 4.70. The molecule has 2 heterocycles. The van der Waals surface area contributed by atoms with E-state index in [9.17, 15) is 13.6 Å². The quantitative estimate of drug-likeness (QED) is 0.751. The summed E-state index contributed by atoms with van der Waals surface area (Å²) < 4.78 is 27.3. The Balaban J connectivity index is 0.00000196. The Labute approximate surface area is 179 Å². The molecule has 1 aromatic carbocycles. The Kier molecular flexibility index (Phi) is 9.73. The predicted octanol–water partition coefficient (Wildman–Crippen LogP) is 3.63. The van der Waals surface area contributed by atoms with Gasteiger partial charge in [-0.3, -0.25) is 9.69 Å². The lowest BCUT2D eigenvalue weighted by Crippen LogP contribution is -2.49. The number of thiazole rings is 1. The molecule has 3 rings (SSSR count). The lowest BCUT2D eigenvalue weighted by Gasteiger charge is -2.39. The number of nitrogens with two attached hydrogens (primary N) is 1. The first-order valence-electron chi connectivity index (χ1n) is 8.66. The highest BCUT2D eigenvalue weighted by Crippen LogP contribution is 2.28. The average Bonchev–Trinajstić information content (AvgIpc) is 3.13. The number of halogens is 4. The summed E-state index contributed by atoms with van der Waals surface area (Å²) in [5.41, 5.74) is 6.48. The van der Waals surface area contributed by atoms with Crippen molar-refractivity contribution in [3.05, 3.63) is 51.5 Å². The zero-order chi connectivity index (χ0) is 18.7.